The highest BCUT2D eigenvalue weighted by molar-refractivity contribution is 5.80. The minimum Gasteiger partial charge on any atom is -0.371 e. The summed E-state index contributed by atoms with van der Waals surface area (Å²) >= 11 is 0. The van der Waals surface area contributed by atoms with Crippen molar-refractivity contribution >= 4 is 5.97 Å². The second-order valence-corrected chi connectivity index (χ2v) is 2.50. The van der Waals surface area contributed by atoms with Gasteiger partial charge in [-0.2, -0.15) is 11.0 Å². The Balaban J connectivity index is 4.35. The number of hydrogen-bond donors (Lipinski definition) is 2. The first kappa shape index (κ1) is 11.3. The largest absolute Gasteiger partial charge is 0.371 e. The summed E-state index contributed by atoms with van der Waals surface area (Å²) in [5, 5.41) is 6.28. The van der Waals surface area contributed by atoms with E-state index < -0.39 is 11.5 Å². The molecule has 0 aliphatic carbocycles. The molecule has 13 heavy (non-hydrogen) atoms. The van der Waals surface area contributed by atoms with Crippen molar-refractivity contribution in [2.24, 2.45) is 16.1 Å². The van der Waals surface area contributed by atoms with Gasteiger partial charge in [-0.15, -0.1) is 0 Å². The van der Waals surface area contributed by atoms with Gasteiger partial charge in [0.05, 0.1) is 0 Å². The normalized spacial score (nSPS) is 13.7. The third kappa shape index (κ3) is 3.06. The van der Waals surface area contributed by atoms with Gasteiger partial charge < -0.3 is 4.84 Å². The quantitative estimate of drug-likeness (QED) is 0.285. The lowest BCUT2D eigenvalue weighted by Gasteiger charge is -2.17. The van der Waals surface area contributed by atoms with E-state index in [1.54, 1.807) is 0 Å². The van der Waals surface area contributed by atoms with Crippen LogP contribution in [0.4, 0.5) is 0 Å². The fourth-order valence-electron chi connectivity index (χ4n) is 0.643. The minimum absolute atomic E-state index is 0.0600. The molecule has 0 amide bonds. The molecular weight excluding hydrogens is 176 g/mol. The number of azide groups is 1. The summed E-state index contributed by atoms with van der Waals surface area (Å²) in [6, 6.07) is 0. The molecule has 8 nitrogen and oxygen atoms in total. The number of nitrogens with zero attached hydrogens (tertiary/aromatic N) is 4. The van der Waals surface area contributed by atoms with Crippen LogP contribution in [0.1, 0.15) is 13.3 Å². The zero-order valence-electron chi connectivity index (χ0n) is 7.10. The molecule has 0 bridgehead atoms. The molecule has 0 spiro atoms. The van der Waals surface area contributed by atoms with Gasteiger partial charge in [0, 0.05) is 11.5 Å². The summed E-state index contributed by atoms with van der Waals surface area (Å²) in [5.41, 5.74) is 13.4. The maximum atomic E-state index is 11.0. The number of carbonyl (C=O) groups excluding carboxylic acids is 1. The molecule has 0 aromatic carbocycles. The van der Waals surface area contributed by atoms with E-state index in [9.17, 15) is 4.79 Å². The molecule has 1 atom stereocenters. The Labute approximate surface area is 74.1 Å². The zero-order valence-corrected chi connectivity index (χ0v) is 7.10. The summed E-state index contributed by atoms with van der Waals surface area (Å²) in [5.74, 6) is 3.82. The van der Waals surface area contributed by atoms with Crippen LogP contribution in [0.2, 0.25) is 0 Å². The van der Waals surface area contributed by atoms with Crippen molar-refractivity contribution in [2.45, 2.75) is 18.9 Å². The molecule has 0 aromatic heterocycles. The van der Waals surface area contributed by atoms with Gasteiger partial charge in [-0.05, 0) is 18.9 Å². The molecule has 0 saturated heterocycles. The summed E-state index contributed by atoms with van der Waals surface area (Å²) in [6.07, 6.45) is 0.0938. The highest BCUT2D eigenvalue weighted by Gasteiger charge is 2.34. The predicted molar refractivity (Wildman–Crippen MR) is 42.5 cm³/mol. The highest BCUT2D eigenvalue weighted by atomic mass is 16.7. The second kappa shape index (κ2) is 5.07. The Hall–Kier alpha value is -1.66. The van der Waals surface area contributed by atoms with E-state index in [-0.39, 0.29) is 13.0 Å². The molecule has 0 aliphatic heterocycles. The standard InChI is InChI=1S/C5H10N6O2/c1-5(10-6,4(12)13-8)2-3-9-11-7/h6H,2-3,8H2,1H3/t5-/m1/s1. The van der Waals surface area contributed by atoms with Crippen LogP contribution in [0.15, 0.2) is 10.2 Å². The van der Waals surface area contributed by atoms with Crippen molar-refractivity contribution in [3.8, 4) is 0 Å². The molecule has 0 radical (unpaired) electrons. The van der Waals surface area contributed by atoms with Crippen molar-refractivity contribution in [3.63, 3.8) is 0 Å². The Morgan fingerprint density at radius 2 is 2.46 bits per heavy atom. The van der Waals surface area contributed by atoms with Crippen LogP contribution in [0.5, 0.6) is 0 Å². The summed E-state index contributed by atoms with van der Waals surface area (Å²) in [4.78, 5) is 17.4. The maximum Gasteiger partial charge on any atom is 0.354 e. The Bertz CT molecular complexity index is 247. The van der Waals surface area contributed by atoms with Gasteiger partial charge in [0.2, 0.25) is 0 Å². The molecule has 72 valence electrons. The molecular formula is C5H10N6O2. The van der Waals surface area contributed by atoms with E-state index in [0.717, 1.165) is 0 Å². The molecule has 0 unspecified atom stereocenters. The SMILES string of the molecule is C[C@](CCN=[N+]=[N-])(N=N)C(=O)ON. The van der Waals surface area contributed by atoms with Gasteiger partial charge in [0.1, 0.15) is 0 Å². The maximum absolute atomic E-state index is 11.0. The van der Waals surface area contributed by atoms with Gasteiger partial charge in [-0.25, -0.2) is 10.3 Å². The van der Waals surface area contributed by atoms with Crippen molar-refractivity contribution in [3.05, 3.63) is 10.4 Å². The summed E-state index contributed by atoms with van der Waals surface area (Å²) < 4.78 is 0. The number of rotatable bonds is 5. The predicted octanol–water partition coefficient (Wildman–Crippen LogP) is 0.893. The molecule has 0 saturated carbocycles. The lowest BCUT2D eigenvalue weighted by molar-refractivity contribution is -0.150. The molecule has 0 fully saturated rings. The first-order valence-electron chi connectivity index (χ1n) is 3.41. The van der Waals surface area contributed by atoms with Crippen LogP contribution in [0, 0.1) is 5.53 Å². The lowest BCUT2D eigenvalue weighted by atomic mass is 10.00. The smallest absolute Gasteiger partial charge is 0.354 e. The van der Waals surface area contributed by atoms with Crippen molar-refractivity contribution in [2.75, 3.05) is 6.54 Å². The van der Waals surface area contributed by atoms with E-state index in [1.807, 2.05) is 0 Å². The van der Waals surface area contributed by atoms with Crippen LogP contribution in [-0.4, -0.2) is 18.1 Å². The van der Waals surface area contributed by atoms with Gasteiger partial charge in [-0.3, -0.25) is 0 Å². The average molecular weight is 186 g/mol. The molecule has 0 aromatic rings. The monoisotopic (exact) mass is 186 g/mol. The van der Waals surface area contributed by atoms with E-state index in [0.29, 0.717) is 0 Å². The van der Waals surface area contributed by atoms with E-state index in [1.165, 1.54) is 6.92 Å². The summed E-state index contributed by atoms with van der Waals surface area (Å²) in [7, 11) is 0. The Kier molecular flexibility index (Phi) is 4.42. The molecule has 8 heteroatoms. The van der Waals surface area contributed by atoms with Crippen LogP contribution in [0.25, 0.3) is 10.4 Å². The van der Waals surface area contributed by atoms with Crippen molar-refractivity contribution < 1.29 is 9.63 Å². The Morgan fingerprint density at radius 1 is 1.85 bits per heavy atom. The fourth-order valence-corrected chi connectivity index (χ4v) is 0.643. The minimum atomic E-state index is -1.36. The van der Waals surface area contributed by atoms with E-state index in [2.05, 4.69) is 25.9 Å². The van der Waals surface area contributed by atoms with Crippen LogP contribution in [0.3, 0.4) is 0 Å². The fraction of sp³-hybridized carbons (Fsp3) is 0.800. The number of carbonyl (C=O) groups is 1. The number of nitrogens with two attached hydrogens (primary N) is 1. The van der Waals surface area contributed by atoms with E-state index in [4.69, 9.17) is 11.1 Å². The first-order valence-corrected chi connectivity index (χ1v) is 3.41. The summed E-state index contributed by atoms with van der Waals surface area (Å²) in [6.45, 7) is 1.44. The Morgan fingerprint density at radius 3 is 2.85 bits per heavy atom. The van der Waals surface area contributed by atoms with Crippen LogP contribution in [-0.2, 0) is 9.63 Å². The van der Waals surface area contributed by atoms with Gasteiger partial charge in [-0.1, -0.05) is 5.11 Å². The molecule has 3 N–H and O–H groups in total. The van der Waals surface area contributed by atoms with Crippen molar-refractivity contribution in [1.29, 1.82) is 5.53 Å². The second-order valence-electron chi connectivity index (χ2n) is 2.50. The number of nitrogens with one attached hydrogen (secondary N) is 1. The van der Waals surface area contributed by atoms with Gasteiger partial charge >= 0.3 is 5.97 Å². The van der Waals surface area contributed by atoms with Gasteiger partial charge in [0.25, 0.3) is 0 Å². The first-order chi connectivity index (χ1) is 6.10. The highest BCUT2D eigenvalue weighted by Crippen LogP contribution is 2.16. The van der Waals surface area contributed by atoms with Crippen molar-refractivity contribution in [1.82, 2.24) is 0 Å². The average Bonchev–Trinajstić information content (AvgIpc) is 2.16. The molecule has 0 heterocycles. The number of hydrogen-bond acceptors (Lipinski definition) is 6. The molecule has 0 rings (SSSR count). The zero-order chi connectivity index (χ0) is 10.3. The van der Waals surface area contributed by atoms with E-state index >= 15 is 0 Å². The lowest BCUT2D eigenvalue weighted by Crippen LogP contribution is -2.37. The van der Waals surface area contributed by atoms with Crippen LogP contribution >= 0.6 is 0 Å². The van der Waals surface area contributed by atoms with Crippen LogP contribution < -0.4 is 5.90 Å². The topological polar surface area (TPSA) is 137 Å². The van der Waals surface area contributed by atoms with Gasteiger partial charge in [0.15, 0.2) is 5.54 Å². The molecule has 0 aliphatic rings. The third-order valence-electron chi connectivity index (χ3n) is 1.56. The third-order valence-corrected chi connectivity index (χ3v) is 1.56.